The lowest BCUT2D eigenvalue weighted by molar-refractivity contribution is 0.106. The minimum atomic E-state index is -5.28. The molecular weight excluding hydrogens is 750 g/mol. The Morgan fingerprint density at radius 2 is 1.47 bits per heavy atom. The fraction of sp³-hybridized carbons (Fsp3) is 0.0333. The molecule has 5 N–H and O–H groups in total. The van der Waals surface area contributed by atoms with Gasteiger partial charge < -0.3 is 10.2 Å². The van der Waals surface area contributed by atoms with Crippen LogP contribution in [0, 0.1) is 0 Å². The molecule has 0 fully saturated rings. The minimum Gasteiger partial charge on any atom is -0.323 e. The number of carbonyl (C=O) groups is 1. The second-order valence-electron chi connectivity index (χ2n) is 10.7. The molecule has 1 aliphatic carbocycles. The third-order valence-corrected chi connectivity index (χ3v) is 10.2. The van der Waals surface area contributed by atoms with E-state index in [1.807, 2.05) is 0 Å². The van der Waals surface area contributed by atoms with Crippen LogP contribution in [0.25, 0.3) is 16.8 Å². The molecule has 1 aromatic heterocycles. The lowest BCUT2D eigenvalue weighted by Crippen LogP contribution is -2.28. The van der Waals surface area contributed by atoms with Crippen LogP contribution < -0.4 is 15.6 Å². The first-order valence-electron chi connectivity index (χ1n) is 14.1. The van der Waals surface area contributed by atoms with Gasteiger partial charge in [0.25, 0.3) is 30.4 Å². The molecule has 0 spiro atoms. The van der Waals surface area contributed by atoms with Crippen molar-refractivity contribution in [2.24, 2.45) is 5.10 Å². The van der Waals surface area contributed by atoms with Gasteiger partial charge in [-0.3, -0.25) is 23.9 Å². The second kappa shape index (κ2) is 13.1. The van der Waals surface area contributed by atoms with E-state index in [2.05, 4.69) is 30.8 Å². The minimum absolute atomic E-state index is 0.0138. The third-order valence-electron chi connectivity index (χ3n) is 7.39. The number of para-hydroxylation sites is 1. The average Bonchev–Trinajstić information content (AvgIpc) is 3.05. The van der Waals surface area contributed by atoms with Crippen LogP contribution >= 0.6 is 11.6 Å². The quantitative estimate of drug-likeness (QED) is 0.101. The number of hydrogen-bond donors (Lipinski definition) is 5. The summed E-state index contributed by atoms with van der Waals surface area (Å²) in [6, 6.07) is 19.2. The number of Topliss-reactive ketones (excluding diaryl/α,β-unsaturated/α-hetero) is 1. The number of fused-ring (bicyclic) bond motifs is 2. The SMILES string of the molecule is CN(c1ccccc1)c1nc(Cl)nc(Nc2cc(S(=O)(=O)O)cc3c2C(=O)/C(=N/Nc2ccc4ccccc4c2S(=O)(=O)O)C(S(=O)(=O)O)=C3)n1. The molecule has 0 saturated carbocycles. The van der Waals surface area contributed by atoms with Crippen molar-refractivity contribution in [3.05, 3.63) is 100 Å². The molecule has 0 aliphatic heterocycles. The summed E-state index contributed by atoms with van der Waals surface area (Å²) in [4.78, 5) is 25.4. The van der Waals surface area contributed by atoms with Gasteiger partial charge in [-0.1, -0.05) is 48.5 Å². The largest absolute Gasteiger partial charge is 0.323 e. The van der Waals surface area contributed by atoms with Crippen molar-refractivity contribution in [3.63, 3.8) is 0 Å². The summed E-state index contributed by atoms with van der Waals surface area (Å²) in [5.41, 5.74) is 0.371. The predicted molar refractivity (Wildman–Crippen MR) is 188 cm³/mol. The highest BCUT2D eigenvalue weighted by Gasteiger charge is 2.36. The molecule has 0 amide bonds. The first-order valence-corrected chi connectivity index (χ1v) is 18.8. The Bertz CT molecular complexity index is 2670. The normalized spacial score (nSPS) is 14.3. The molecule has 0 radical (unpaired) electrons. The Morgan fingerprint density at radius 1 is 0.784 bits per heavy atom. The van der Waals surface area contributed by atoms with E-state index in [1.165, 1.54) is 24.3 Å². The van der Waals surface area contributed by atoms with E-state index in [0.717, 1.165) is 12.1 Å². The molecular formula is C30H22ClN7O10S3. The van der Waals surface area contributed by atoms with Gasteiger partial charge in [0.05, 0.1) is 21.8 Å². The van der Waals surface area contributed by atoms with Crippen LogP contribution in [0.15, 0.2) is 98.7 Å². The topological polar surface area (TPSA) is 259 Å². The lowest BCUT2D eigenvalue weighted by Gasteiger charge is -2.21. The van der Waals surface area contributed by atoms with Crippen molar-refractivity contribution in [1.29, 1.82) is 0 Å². The number of ketones is 1. The fourth-order valence-electron chi connectivity index (χ4n) is 5.15. The van der Waals surface area contributed by atoms with Crippen molar-refractivity contribution >= 4 is 99.3 Å². The number of hydrogen-bond acceptors (Lipinski definition) is 14. The van der Waals surface area contributed by atoms with Gasteiger partial charge in [-0.15, -0.1) is 0 Å². The maximum Gasteiger partial charge on any atom is 0.297 e. The number of hydrazone groups is 1. The molecule has 4 aromatic carbocycles. The van der Waals surface area contributed by atoms with Crippen molar-refractivity contribution in [2.75, 3.05) is 22.7 Å². The van der Waals surface area contributed by atoms with Gasteiger partial charge in [0, 0.05) is 18.1 Å². The van der Waals surface area contributed by atoms with Crippen molar-refractivity contribution in [2.45, 2.75) is 9.79 Å². The summed E-state index contributed by atoms with van der Waals surface area (Å²) >= 11 is 6.17. The number of rotatable bonds is 9. The van der Waals surface area contributed by atoms with Gasteiger partial charge in [0.2, 0.25) is 23.0 Å². The zero-order valence-electron chi connectivity index (χ0n) is 25.6. The van der Waals surface area contributed by atoms with E-state index < -0.39 is 67.7 Å². The smallest absolute Gasteiger partial charge is 0.297 e. The van der Waals surface area contributed by atoms with Crippen LogP contribution in [-0.4, -0.2) is 72.4 Å². The summed E-state index contributed by atoms with van der Waals surface area (Å²) < 4.78 is 104. The summed E-state index contributed by atoms with van der Waals surface area (Å²) in [6.45, 7) is 0. The Labute approximate surface area is 294 Å². The summed E-state index contributed by atoms with van der Waals surface area (Å²) in [7, 11) is -13.6. The van der Waals surface area contributed by atoms with Crippen LogP contribution in [0.3, 0.4) is 0 Å². The van der Waals surface area contributed by atoms with E-state index in [9.17, 15) is 43.7 Å². The van der Waals surface area contributed by atoms with E-state index in [-0.39, 0.29) is 33.9 Å². The molecule has 17 nitrogen and oxygen atoms in total. The third kappa shape index (κ3) is 7.28. The Morgan fingerprint density at radius 3 is 2.14 bits per heavy atom. The Hall–Kier alpha value is -5.35. The number of nitrogens with one attached hydrogen (secondary N) is 2. The van der Waals surface area contributed by atoms with Crippen molar-refractivity contribution in [1.82, 2.24) is 15.0 Å². The molecule has 1 heterocycles. The van der Waals surface area contributed by atoms with E-state index in [4.69, 9.17) is 11.6 Å². The standard InChI is InChI=1S/C30H22ClN7O10S3/c1-38(18-8-3-2-4-9-18)30-34-28(31)33-29(35-30)32-22-15-19(49(40,41)42)13-17-14-23(50(43,44)45)25(26(39)24(17)22)37-36-21-12-11-16-7-5-6-10-20(16)27(21)51(46,47)48/h2-15,36H,1H3,(H,40,41,42)(H,43,44,45)(H,46,47,48)(H,32,33,34,35)/b37-25+. The van der Waals surface area contributed by atoms with Gasteiger partial charge in [-0.05, 0) is 59.0 Å². The van der Waals surface area contributed by atoms with Crippen LogP contribution in [-0.2, 0) is 30.4 Å². The van der Waals surface area contributed by atoms with Crippen molar-refractivity contribution < 1.29 is 43.7 Å². The molecule has 1 aliphatic rings. The first-order chi connectivity index (χ1) is 23.9. The highest BCUT2D eigenvalue weighted by atomic mass is 35.5. The first kappa shape index (κ1) is 35.5. The molecule has 262 valence electrons. The molecule has 0 atom stereocenters. The molecule has 0 saturated heterocycles. The zero-order valence-corrected chi connectivity index (χ0v) is 28.8. The molecule has 51 heavy (non-hydrogen) atoms. The van der Waals surface area contributed by atoms with Crippen LogP contribution in [0.4, 0.5) is 29.0 Å². The number of allylic oxidation sites excluding steroid dienone is 1. The number of benzene rings is 4. The lowest BCUT2D eigenvalue weighted by atomic mass is 9.93. The highest BCUT2D eigenvalue weighted by Crippen LogP contribution is 2.36. The zero-order chi connectivity index (χ0) is 36.9. The van der Waals surface area contributed by atoms with E-state index in [1.54, 1.807) is 54.4 Å². The number of anilines is 5. The van der Waals surface area contributed by atoms with Gasteiger partial charge in [0.1, 0.15) is 9.80 Å². The summed E-state index contributed by atoms with van der Waals surface area (Å²) in [5.74, 6) is -1.53. The summed E-state index contributed by atoms with van der Waals surface area (Å²) in [5, 5.41) is 6.65. The van der Waals surface area contributed by atoms with Crippen LogP contribution in [0.5, 0.6) is 0 Å². The number of nitrogens with zero attached hydrogens (tertiary/aromatic N) is 5. The predicted octanol–water partition coefficient (Wildman–Crippen LogP) is 4.58. The maximum absolute atomic E-state index is 14.1. The molecule has 6 rings (SSSR count). The summed E-state index contributed by atoms with van der Waals surface area (Å²) in [6.07, 6.45) is 0.714. The van der Waals surface area contributed by atoms with E-state index in [0.29, 0.717) is 17.1 Å². The monoisotopic (exact) mass is 771 g/mol. The number of carbonyl (C=O) groups excluding carboxylic acids is 1. The second-order valence-corrected chi connectivity index (χ2v) is 15.2. The van der Waals surface area contributed by atoms with Crippen LogP contribution in [0.1, 0.15) is 15.9 Å². The fourth-order valence-corrected chi connectivity index (χ4v) is 7.36. The number of halogens is 1. The van der Waals surface area contributed by atoms with Gasteiger partial charge >= 0.3 is 0 Å². The maximum atomic E-state index is 14.1. The highest BCUT2D eigenvalue weighted by molar-refractivity contribution is 7.91. The van der Waals surface area contributed by atoms with Crippen molar-refractivity contribution in [3.8, 4) is 0 Å². The van der Waals surface area contributed by atoms with Gasteiger partial charge in [-0.2, -0.15) is 45.3 Å². The Kier molecular flexibility index (Phi) is 9.10. The molecule has 5 aromatic rings. The molecule has 0 unspecified atom stereocenters. The van der Waals surface area contributed by atoms with E-state index >= 15 is 0 Å². The Balaban J connectivity index is 1.51. The van der Waals surface area contributed by atoms with Gasteiger partial charge in [-0.25, -0.2) is 0 Å². The average molecular weight is 772 g/mol. The van der Waals surface area contributed by atoms with Gasteiger partial charge in [0.15, 0.2) is 5.71 Å². The molecule has 0 bridgehead atoms. The number of aromatic nitrogens is 3. The van der Waals surface area contributed by atoms with Crippen LogP contribution in [0.2, 0.25) is 5.28 Å². The molecule has 21 heteroatoms.